The first-order valence-electron chi connectivity index (χ1n) is 3.49. The lowest BCUT2D eigenvalue weighted by Gasteiger charge is -2.10. The Morgan fingerprint density at radius 2 is 1.60 bits per heavy atom. The molecule has 0 unspecified atom stereocenters. The fraction of sp³-hybridized carbons (Fsp3) is 0.125. The van der Waals surface area contributed by atoms with E-state index in [1.807, 2.05) is 0 Å². The lowest BCUT2D eigenvalue weighted by molar-refractivity contribution is -0.142. The molecule has 7 heteroatoms. The zero-order valence-corrected chi connectivity index (χ0v) is 6.83. The van der Waals surface area contributed by atoms with Crippen LogP contribution in [0.15, 0.2) is 6.07 Å². The van der Waals surface area contributed by atoms with Crippen LogP contribution in [-0.2, 0) is 6.18 Å². The number of aldehydes is 1. The normalized spacial score (nSPS) is 11.6. The van der Waals surface area contributed by atoms with Crippen molar-refractivity contribution < 1.29 is 31.1 Å². The number of hydrogen-bond donors (Lipinski definition) is 0. The lowest BCUT2D eigenvalue weighted by Crippen LogP contribution is -2.14. The van der Waals surface area contributed by atoms with Crippen LogP contribution in [0, 0.1) is 17.5 Å². The highest BCUT2D eigenvalue weighted by Gasteiger charge is 2.39. The van der Waals surface area contributed by atoms with E-state index >= 15 is 0 Å². The molecule has 1 aromatic carbocycles. The minimum Gasteiger partial charge on any atom is -0.298 e. The molecular formula is C8H2F6O. The maximum atomic E-state index is 12.9. The Hall–Kier alpha value is -1.53. The van der Waals surface area contributed by atoms with Gasteiger partial charge in [-0.3, -0.25) is 4.79 Å². The summed E-state index contributed by atoms with van der Waals surface area (Å²) in [6, 6.07) is -0.185. The smallest absolute Gasteiger partial charge is 0.298 e. The van der Waals surface area contributed by atoms with Crippen molar-refractivity contribution in [1.29, 1.82) is 0 Å². The summed E-state index contributed by atoms with van der Waals surface area (Å²) in [4.78, 5) is 10.1. The van der Waals surface area contributed by atoms with E-state index < -0.39 is 41.0 Å². The lowest BCUT2D eigenvalue weighted by atomic mass is 10.1. The molecular weight excluding hydrogens is 226 g/mol. The van der Waals surface area contributed by atoms with E-state index in [2.05, 4.69) is 0 Å². The van der Waals surface area contributed by atoms with Crippen LogP contribution in [0.5, 0.6) is 0 Å². The zero-order valence-electron chi connectivity index (χ0n) is 6.83. The maximum Gasteiger partial charge on any atom is 0.422 e. The van der Waals surface area contributed by atoms with Gasteiger partial charge in [0.25, 0.3) is 0 Å². The number of carbonyl (C=O) groups excluding carboxylic acids is 1. The molecule has 0 saturated carbocycles. The molecule has 0 N–H and O–H groups in total. The molecule has 0 aliphatic rings. The highest BCUT2D eigenvalue weighted by atomic mass is 19.4. The van der Waals surface area contributed by atoms with Crippen molar-refractivity contribution in [2.75, 3.05) is 0 Å². The number of carbonyl (C=O) groups is 1. The fourth-order valence-electron chi connectivity index (χ4n) is 0.973. The zero-order chi connectivity index (χ0) is 11.8. The Kier molecular flexibility index (Phi) is 2.74. The van der Waals surface area contributed by atoms with Crippen LogP contribution < -0.4 is 0 Å². The molecule has 0 radical (unpaired) electrons. The molecule has 0 bridgehead atoms. The van der Waals surface area contributed by atoms with Gasteiger partial charge in [-0.25, -0.2) is 13.2 Å². The highest BCUT2D eigenvalue weighted by molar-refractivity contribution is 5.76. The van der Waals surface area contributed by atoms with Crippen LogP contribution in [0.4, 0.5) is 26.3 Å². The van der Waals surface area contributed by atoms with Crippen molar-refractivity contribution in [1.82, 2.24) is 0 Å². The second-order valence-corrected chi connectivity index (χ2v) is 2.56. The predicted molar refractivity (Wildman–Crippen MR) is 36.7 cm³/mol. The summed E-state index contributed by atoms with van der Waals surface area (Å²) in [6.45, 7) is 0. The largest absolute Gasteiger partial charge is 0.422 e. The van der Waals surface area contributed by atoms with Crippen LogP contribution in [0.3, 0.4) is 0 Å². The van der Waals surface area contributed by atoms with Crippen molar-refractivity contribution in [3.05, 3.63) is 34.6 Å². The molecule has 1 nitrogen and oxygen atoms in total. The van der Waals surface area contributed by atoms with Gasteiger partial charge in [-0.05, 0) is 0 Å². The Morgan fingerprint density at radius 3 is 2.00 bits per heavy atom. The number of benzene rings is 1. The number of alkyl halides is 3. The second-order valence-electron chi connectivity index (χ2n) is 2.56. The summed E-state index contributed by atoms with van der Waals surface area (Å²) >= 11 is 0. The molecule has 82 valence electrons. The summed E-state index contributed by atoms with van der Waals surface area (Å²) in [5.74, 6) is -6.01. The van der Waals surface area contributed by atoms with Crippen LogP contribution in [0.1, 0.15) is 15.9 Å². The molecule has 0 amide bonds. The first kappa shape index (κ1) is 11.5. The third-order valence-electron chi connectivity index (χ3n) is 1.61. The van der Waals surface area contributed by atoms with Gasteiger partial charge in [0.2, 0.25) is 0 Å². The van der Waals surface area contributed by atoms with Gasteiger partial charge in [0.05, 0.1) is 5.56 Å². The van der Waals surface area contributed by atoms with Crippen molar-refractivity contribution >= 4 is 6.29 Å². The Balaban J connectivity index is 3.60. The molecule has 1 aromatic rings. The van der Waals surface area contributed by atoms with Gasteiger partial charge in [0, 0.05) is 6.07 Å². The molecule has 15 heavy (non-hydrogen) atoms. The van der Waals surface area contributed by atoms with Crippen LogP contribution >= 0.6 is 0 Å². The highest BCUT2D eigenvalue weighted by Crippen LogP contribution is 2.35. The summed E-state index contributed by atoms with van der Waals surface area (Å²) in [6.07, 6.45) is -5.76. The standard InChI is InChI=1S/C8H2F6O/c9-4-1-5(10)6(8(12,13)14)7(11)3(4)2-15/h1-2H. The third kappa shape index (κ3) is 1.95. The third-order valence-corrected chi connectivity index (χ3v) is 1.61. The average molecular weight is 228 g/mol. The molecule has 0 aliphatic carbocycles. The minimum atomic E-state index is -5.32. The van der Waals surface area contributed by atoms with E-state index in [9.17, 15) is 31.1 Å². The fourth-order valence-corrected chi connectivity index (χ4v) is 0.973. The molecule has 0 saturated heterocycles. The quantitative estimate of drug-likeness (QED) is 0.533. The summed E-state index contributed by atoms with van der Waals surface area (Å²) < 4.78 is 74.2. The van der Waals surface area contributed by atoms with Gasteiger partial charge < -0.3 is 0 Å². The summed E-state index contributed by atoms with van der Waals surface area (Å²) in [5.41, 5.74) is -3.71. The SMILES string of the molecule is O=Cc1c(F)cc(F)c(C(F)(F)F)c1F. The number of hydrogen-bond acceptors (Lipinski definition) is 1. The Labute approximate surface area is 79.3 Å². The van der Waals surface area contributed by atoms with Crippen molar-refractivity contribution in [2.24, 2.45) is 0 Å². The van der Waals surface area contributed by atoms with E-state index in [-0.39, 0.29) is 6.07 Å². The van der Waals surface area contributed by atoms with E-state index in [0.717, 1.165) is 0 Å². The van der Waals surface area contributed by atoms with Crippen LogP contribution in [-0.4, -0.2) is 6.29 Å². The number of halogens is 6. The van der Waals surface area contributed by atoms with Gasteiger partial charge in [0.1, 0.15) is 17.2 Å². The van der Waals surface area contributed by atoms with Crippen molar-refractivity contribution in [2.45, 2.75) is 6.18 Å². The second kappa shape index (κ2) is 3.56. The predicted octanol–water partition coefficient (Wildman–Crippen LogP) is 2.94. The van der Waals surface area contributed by atoms with Crippen LogP contribution in [0.2, 0.25) is 0 Å². The van der Waals surface area contributed by atoms with Gasteiger partial charge in [-0.2, -0.15) is 13.2 Å². The summed E-state index contributed by atoms with van der Waals surface area (Å²) in [7, 11) is 0. The van der Waals surface area contributed by atoms with Gasteiger partial charge in [0.15, 0.2) is 12.1 Å². The van der Waals surface area contributed by atoms with Crippen LogP contribution in [0.25, 0.3) is 0 Å². The first-order chi connectivity index (χ1) is 6.79. The molecule has 0 aliphatic heterocycles. The van der Waals surface area contributed by atoms with Gasteiger partial charge in [-0.1, -0.05) is 0 Å². The molecule has 0 fully saturated rings. The molecule has 0 heterocycles. The summed E-state index contributed by atoms with van der Waals surface area (Å²) in [5, 5.41) is 0. The maximum absolute atomic E-state index is 12.9. The molecule has 0 spiro atoms. The Morgan fingerprint density at radius 1 is 1.07 bits per heavy atom. The van der Waals surface area contributed by atoms with E-state index in [1.54, 1.807) is 0 Å². The van der Waals surface area contributed by atoms with E-state index in [0.29, 0.717) is 0 Å². The minimum absolute atomic E-state index is 0.185. The van der Waals surface area contributed by atoms with E-state index in [1.165, 1.54) is 0 Å². The van der Waals surface area contributed by atoms with Crippen molar-refractivity contribution in [3.8, 4) is 0 Å². The van der Waals surface area contributed by atoms with Crippen molar-refractivity contribution in [3.63, 3.8) is 0 Å². The van der Waals surface area contributed by atoms with Gasteiger partial charge in [-0.15, -0.1) is 0 Å². The van der Waals surface area contributed by atoms with Gasteiger partial charge >= 0.3 is 6.18 Å². The first-order valence-corrected chi connectivity index (χ1v) is 3.49. The monoisotopic (exact) mass is 228 g/mol. The molecule has 1 rings (SSSR count). The molecule has 0 aromatic heterocycles. The molecule has 0 atom stereocenters. The topological polar surface area (TPSA) is 17.1 Å². The average Bonchev–Trinajstić information content (AvgIpc) is 2.00. The number of rotatable bonds is 1. The Bertz CT molecular complexity index is 409. The van der Waals surface area contributed by atoms with E-state index in [4.69, 9.17) is 0 Å².